The van der Waals surface area contributed by atoms with Gasteiger partial charge in [-0.2, -0.15) is 0 Å². The molecule has 2 aromatic rings. The molecule has 0 aliphatic heterocycles. The summed E-state index contributed by atoms with van der Waals surface area (Å²) in [5.41, 5.74) is 2.18. The van der Waals surface area contributed by atoms with E-state index in [1.54, 1.807) is 7.11 Å². The van der Waals surface area contributed by atoms with Crippen molar-refractivity contribution >= 4 is 11.0 Å². The second kappa shape index (κ2) is 3.33. The highest BCUT2D eigenvalue weighted by atomic mass is 16.5. The van der Waals surface area contributed by atoms with Crippen molar-refractivity contribution in [1.82, 2.24) is 9.55 Å². The molecule has 1 aromatic heterocycles. The van der Waals surface area contributed by atoms with E-state index in [9.17, 15) is 0 Å². The predicted molar refractivity (Wildman–Crippen MR) is 56.7 cm³/mol. The average Bonchev–Trinajstić information content (AvgIpc) is 2.52. The number of hydrogen-bond acceptors (Lipinski definition) is 2. The molecule has 1 heterocycles. The molecule has 0 fully saturated rings. The molecule has 0 aliphatic rings. The fourth-order valence-corrected chi connectivity index (χ4v) is 1.75. The Bertz CT molecular complexity index is 460. The summed E-state index contributed by atoms with van der Waals surface area (Å²) in [6.45, 7) is 5.08. The third kappa shape index (κ3) is 1.25. The van der Waals surface area contributed by atoms with Crippen LogP contribution in [0.25, 0.3) is 11.0 Å². The number of fused-ring (bicyclic) bond motifs is 1. The standard InChI is InChI=1S/C11H14N2O/c1-4-13-8(2)12-10-6-5-9(14-3)7-11(10)13/h5-7H,4H2,1-3H3. The van der Waals surface area contributed by atoms with Crippen molar-refractivity contribution in [3.8, 4) is 5.75 Å². The maximum Gasteiger partial charge on any atom is 0.121 e. The molecule has 0 aliphatic carbocycles. The van der Waals surface area contributed by atoms with Crippen molar-refractivity contribution < 1.29 is 4.74 Å². The van der Waals surface area contributed by atoms with Gasteiger partial charge < -0.3 is 9.30 Å². The summed E-state index contributed by atoms with van der Waals surface area (Å²) in [6, 6.07) is 5.96. The maximum absolute atomic E-state index is 5.19. The molecule has 3 nitrogen and oxygen atoms in total. The second-order valence-electron chi connectivity index (χ2n) is 3.26. The molecule has 0 saturated carbocycles. The van der Waals surface area contributed by atoms with E-state index in [1.807, 2.05) is 25.1 Å². The fraction of sp³-hybridized carbons (Fsp3) is 0.364. The van der Waals surface area contributed by atoms with E-state index in [4.69, 9.17) is 4.74 Å². The monoisotopic (exact) mass is 190 g/mol. The lowest BCUT2D eigenvalue weighted by Crippen LogP contribution is -1.96. The largest absolute Gasteiger partial charge is 0.497 e. The minimum Gasteiger partial charge on any atom is -0.497 e. The van der Waals surface area contributed by atoms with Gasteiger partial charge in [0, 0.05) is 12.6 Å². The molecule has 14 heavy (non-hydrogen) atoms. The number of aromatic nitrogens is 2. The quantitative estimate of drug-likeness (QED) is 0.727. The molecule has 0 bridgehead atoms. The van der Waals surface area contributed by atoms with Crippen LogP contribution < -0.4 is 4.74 Å². The molecular weight excluding hydrogens is 176 g/mol. The van der Waals surface area contributed by atoms with Gasteiger partial charge in [-0.3, -0.25) is 0 Å². The number of benzene rings is 1. The molecule has 0 radical (unpaired) electrons. The van der Waals surface area contributed by atoms with Crippen LogP contribution in [0.15, 0.2) is 18.2 Å². The van der Waals surface area contributed by atoms with E-state index in [0.717, 1.165) is 29.2 Å². The summed E-state index contributed by atoms with van der Waals surface area (Å²) < 4.78 is 7.37. The van der Waals surface area contributed by atoms with E-state index >= 15 is 0 Å². The van der Waals surface area contributed by atoms with Crippen molar-refractivity contribution in [3.63, 3.8) is 0 Å². The molecule has 0 unspecified atom stereocenters. The highest BCUT2D eigenvalue weighted by Gasteiger charge is 2.06. The lowest BCUT2D eigenvalue weighted by atomic mass is 10.3. The van der Waals surface area contributed by atoms with Crippen LogP contribution in [0.2, 0.25) is 0 Å². The van der Waals surface area contributed by atoms with E-state index in [0.29, 0.717) is 0 Å². The Labute approximate surface area is 83.3 Å². The predicted octanol–water partition coefficient (Wildman–Crippen LogP) is 2.37. The third-order valence-corrected chi connectivity index (χ3v) is 2.46. The first-order valence-corrected chi connectivity index (χ1v) is 4.77. The van der Waals surface area contributed by atoms with Gasteiger partial charge in [0.25, 0.3) is 0 Å². The summed E-state index contributed by atoms with van der Waals surface area (Å²) in [5.74, 6) is 1.93. The fourth-order valence-electron chi connectivity index (χ4n) is 1.75. The SMILES string of the molecule is CCn1c(C)nc2ccc(OC)cc21. The summed E-state index contributed by atoms with van der Waals surface area (Å²) >= 11 is 0. The zero-order valence-electron chi connectivity index (χ0n) is 8.74. The van der Waals surface area contributed by atoms with E-state index in [2.05, 4.69) is 16.5 Å². The van der Waals surface area contributed by atoms with Crippen LogP contribution >= 0.6 is 0 Å². The summed E-state index contributed by atoms with van der Waals surface area (Å²) in [4.78, 5) is 4.47. The van der Waals surface area contributed by atoms with Crippen LogP contribution in [0.1, 0.15) is 12.7 Å². The zero-order valence-corrected chi connectivity index (χ0v) is 8.74. The first-order chi connectivity index (χ1) is 6.76. The van der Waals surface area contributed by atoms with Crippen LogP contribution in [0, 0.1) is 6.92 Å². The van der Waals surface area contributed by atoms with E-state index < -0.39 is 0 Å². The van der Waals surface area contributed by atoms with Crippen LogP contribution in [-0.4, -0.2) is 16.7 Å². The molecule has 0 amide bonds. The average molecular weight is 190 g/mol. The number of ether oxygens (including phenoxy) is 1. The van der Waals surface area contributed by atoms with Crippen LogP contribution in [0.5, 0.6) is 5.75 Å². The molecular formula is C11H14N2O. The molecule has 74 valence electrons. The van der Waals surface area contributed by atoms with Gasteiger partial charge in [0.05, 0.1) is 18.1 Å². The lowest BCUT2D eigenvalue weighted by Gasteiger charge is -2.03. The van der Waals surface area contributed by atoms with Crippen molar-refractivity contribution in [2.45, 2.75) is 20.4 Å². The molecule has 2 rings (SSSR count). The van der Waals surface area contributed by atoms with Gasteiger partial charge in [-0.05, 0) is 26.0 Å². The van der Waals surface area contributed by atoms with Gasteiger partial charge in [0.15, 0.2) is 0 Å². The number of hydrogen-bond donors (Lipinski definition) is 0. The topological polar surface area (TPSA) is 27.1 Å². The van der Waals surface area contributed by atoms with Crippen LogP contribution in [0.3, 0.4) is 0 Å². The third-order valence-electron chi connectivity index (χ3n) is 2.46. The molecule has 0 spiro atoms. The summed E-state index contributed by atoms with van der Waals surface area (Å²) in [5, 5.41) is 0. The van der Waals surface area contributed by atoms with Crippen LogP contribution in [-0.2, 0) is 6.54 Å². The minimum absolute atomic E-state index is 0.882. The smallest absolute Gasteiger partial charge is 0.121 e. The normalized spacial score (nSPS) is 10.8. The number of nitrogens with zero attached hydrogens (tertiary/aromatic N) is 2. The van der Waals surface area contributed by atoms with Gasteiger partial charge >= 0.3 is 0 Å². The Morgan fingerprint density at radius 3 is 2.86 bits per heavy atom. The van der Waals surface area contributed by atoms with Gasteiger partial charge in [-0.25, -0.2) is 4.98 Å². The molecule has 0 saturated heterocycles. The summed E-state index contributed by atoms with van der Waals surface area (Å²) in [6.07, 6.45) is 0. The van der Waals surface area contributed by atoms with E-state index in [1.165, 1.54) is 0 Å². The Kier molecular flexibility index (Phi) is 2.15. The number of imidazole rings is 1. The minimum atomic E-state index is 0.882. The Balaban J connectivity index is 2.71. The highest BCUT2D eigenvalue weighted by molar-refractivity contribution is 5.77. The first-order valence-electron chi connectivity index (χ1n) is 4.77. The number of rotatable bonds is 2. The second-order valence-corrected chi connectivity index (χ2v) is 3.26. The van der Waals surface area contributed by atoms with Gasteiger partial charge in [-0.15, -0.1) is 0 Å². The first kappa shape index (κ1) is 9.06. The van der Waals surface area contributed by atoms with Crippen molar-refractivity contribution in [3.05, 3.63) is 24.0 Å². The molecule has 0 N–H and O–H groups in total. The van der Waals surface area contributed by atoms with Crippen molar-refractivity contribution in [1.29, 1.82) is 0 Å². The maximum atomic E-state index is 5.19. The van der Waals surface area contributed by atoms with Gasteiger partial charge in [0.1, 0.15) is 11.6 Å². The van der Waals surface area contributed by atoms with Crippen molar-refractivity contribution in [2.24, 2.45) is 0 Å². The lowest BCUT2D eigenvalue weighted by molar-refractivity contribution is 0.415. The Hall–Kier alpha value is -1.51. The zero-order chi connectivity index (χ0) is 10.1. The number of methoxy groups -OCH3 is 1. The van der Waals surface area contributed by atoms with E-state index in [-0.39, 0.29) is 0 Å². The van der Waals surface area contributed by atoms with Gasteiger partial charge in [0.2, 0.25) is 0 Å². The number of aryl methyl sites for hydroxylation is 2. The Morgan fingerprint density at radius 1 is 1.43 bits per heavy atom. The van der Waals surface area contributed by atoms with Gasteiger partial charge in [-0.1, -0.05) is 0 Å². The summed E-state index contributed by atoms with van der Waals surface area (Å²) in [7, 11) is 1.68. The van der Waals surface area contributed by atoms with Crippen LogP contribution in [0.4, 0.5) is 0 Å². The Morgan fingerprint density at radius 2 is 2.21 bits per heavy atom. The molecule has 3 heteroatoms. The molecule has 1 aromatic carbocycles. The van der Waals surface area contributed by atoms with Crippen molar-refractivity contribution in [2.75, 3.05) is 7.11 Å². The molecule has 0 atom stereocenters. The highest BCUT2D eigenvalue weighted by Crippen LogP contribution is 2.21.